The molecule has 0 aromatic heterocycles. The number of fused-ring (bicyclic) bond motifs is 3. The first-order valence-corrected chi connectivity index (χ1v) is 18.9. The topological polar surface area (TPSA) is 6.48 Å². The molecule has 0 saturated carbocycles. The standard InChI is InChI=1S/C53H38N2/c1-5-22-42(23-6-1)53(43-24-7-2-8-25-43)48-32-15-16-33-51(48)55(45-28-11-4-12-29-45)52-38-41(35-36-49(52)53)40-21-17-30-46(37-40)54(44-26-9-3-10-27-44)50-34-18-20-39-19-13-14-31-47(39)50/h1-38H. The van der Waals surface area contributed by atoms with Gasteiger partial charge in [-0.2, -0.15) is 0 Å². The lowest BCUT2D eigenvalue weighted by Crippen LogP contribution is -2.37. The van der Waals surface area contributed by atoms with Crippen molar-refractivity contribution in [3.05, 3.63) is 253 Å². The minimum absolute atomic E-state index is 0.543. The smallest absolute Gasteiger partial charge is 0.0742 e. The molecule has 1 heterocycles. The van der Waals surface area contributed by atoms with Crippen LogP contribution in [0.3, 0.4) is 0 Å². The summed E-state index contributed by atoms with van der Waals surface area (Å²) >= 11 is 0. The first-order chi connectivity index (χ1) is 27.3. The Hall–Kier alpha value is -7.16. The number of benzene rings is 9. The van der Waals surface area contributed by atoms with Crippen LogP contribution >= 0.6 is 0 Å². The molecular formula is C53H38N2. The molecule has 9 aromatic rings. The van der Waals surface area contributed by atoms with E-state index in [1.165, 1.54) is 38.7 Å². The number of hydrogen-bond acceptors (Lipinski definition) is 2. The van der Waals surface area contributed by atoms with Crippen molar-refractivity contribution in [2.75, 3.05) is 9.80 Å². The van der Waals surface area contributed by atoms with Gasteiger partial charge in [-0.1, -0.05) is 176 Å². The first kappa shape index (κ1) is 32.5. The summed E-state index contributed by atoms with van der Waals surface area (Å²) in [5, 5.41) is 2.43. The molecular weight excluding hydrogens is 665 g/mol. The molecule has 9 aromatic carbocycles. The van der Waals surface area contributed by atoms with Crippen LogP contribution in [0.15, 0.2) is 231 Å². The van der Waals surface area contributed by atoms with Crippen molar-refractivity contribution in [3.8, 4) is 11.1 Å². The Morgan fingerprint density at radius 2 is 0.909 bits per heavy atom. The van der Waals surface area contributed by atoms with E-state index in [1.807, 2.05) is 0 Å². The summed E-state index contributed by atoms with van der Waals surface area (Å²) in [7, 11) is 0. The van der Waals surface area contributed by atoms with Crippen molar-refractivity contribution in [3.63, 3.8) is 0 Å². The minimum Gasteiger partial charge on any atom is -0.310 e. The van der Waals surface area contributed by atoms with Crippen molar-refractivity contribution in [1.82, 2.24) is 0 Å². The second-order valence-corrected chi connectivity index (χ2v) is 14.1. The average molecular weight is 703 g/mol. The highest BCUT2D eigenvalue weighted by atomic mass is 15.2. The zero-order chi connectivity index (χ0) is 36.6. The van der Waals surface area contributed by atoms with E-state index in [4.69, 9.17) is 0 Å². The lowest BCUT2D eigenvalue weighted by Gasteiger charge is -2.46. The fraction of sp³-hybridized carbons (Fsp3) is 0.0189. The van der Waals surface area contributed by atoms with Gasteiger partial charge in [0.1, 0.15) is 0 Å². The Kier molecular flexibility index (Phi) is 8.08. The molecule has 260 valence electrons. The van der Waals surface area contributed by atoms with Crippen LogP contribution in [-0.2, 0) is 5.41 Å². The molecule has 0 aliphatic carbocycles. The van der Waals surface area contributed by atoms with Gasteiger partial charge < -0.3 is 9.80 Å². The van der Waals surface area contributed by atoms with Crippen molar-refractivity contribution in [2.45, 2.75) is 5.41 Å². The maximum atomic E-state index is 2.45. The van der Waals surface area contributed by atoms with Crippen molar-refractivity contribution >= 4 is 44.9 Å². The maximum Gasteiger partial charge on any atom is 0.0742 e. The van der Waals surface area contributed by atoms with Gasteiger partial charge in [-0.25, -0.2) is 0 Å². The van der Waals surface area contributed by atoms with Crippen LogP contribution in [0.2, 0.25) is 0 Å². The summed E-state index contributed by atoms with van der Waals surface area (Å²) in [5.41, 5.74) is 13.6. The average Bonchev–Trinajstić information content (AvgIpc) is 3.27. The van der Waals surface area contributed by atoms with E-state index in [-0.39, 0.29) is 0 Å². The fourth-order valence-electron chi connectivity index (χ4n) is 8.73. The van der Waals surface area contributed by atoms with Crippen molar-refractivity contribution in [2.24, 2.45) is 0 Å². The third-order valence-electron chi connectivity index (χ3n) is 11.1. The van der Waals surface area contributed by atoms with Gasteiger partial charge in [0, 0.05) is 22.4 Å². The Labute approximate surface area is 322 Å². The molecule has 2 nitrogen and oxygen atoms in total. The monoisotopic (exact) mass is 702 g/mol. The third-order valence-corrected chi connectivity index (χ3v) is 11.1. The molecule has 10 rings (SSSR count). The zero-order valence-electron chi connectivity index (χ0n) is 30.3. The lowest BCUT2D eigenvalue weighted by atomic mass is 9.62. The number of para-hydroxylation sites is 3. The molecule has 0 saturated heterocycles. The van der Waals surface area contributed by atoms with E-state index in [0.29, 0.717) is 0 Å². The predicted octanol–water partition coefficient (Wildman–Crippen LogP) is 14.1. The Balaban J connectivity index is 1.21. The van der Waals surface area contributed by atoms with Crippen LogP contribution in [0.25, 0.3) is 21.9 Å². The largest absolute Gasteiger partial charge is 0.310 e. The first-order valence-electron chi connectivity index (χ1n) is 18.9. The van der Waals surface area contributed by atoms with Gasteiger partial charge in [0.15, 0.2) is 0 Å². The lowest BCUT2D eigenvalue weighted by molar-refractivity contribution is 0.731. The molecule has 0 spiro atoms. The second-order valence-electron chi connectivity index (χ2n) is 14.1. The molecule has 0 fully saturated rings. The number of anilines is 6. The predicted molar refractivity (Wildman–Crippen MR) is 231 cm³/mol. The van der Waals surface area contributed by atoms with Crippen LogP contribution in [0.4, 0.5) is 34.1 Å². The number of nitrogens with zero attached hydrogens (tertiary/aromatic N) is 2. The molecule has 0 N–H and O–H groups in total. The summed E-state index contributed by atoms with van der Waals surface area (Å²) in [5.74, 6) is 0. The van der Waals surface area contributed by atoms with Gasteiger partial charge in [-0.3, -0.25) is 0 Å². The normalized spacial score (nSPS) is 12.8. The quantitative estimate of drug-likeness (QED) is 0.163. The zero-order valence-corrected chi connectivity index (χ0v) is 30.3. The van der Waals surface area contributed by atoms with Gasteiger partial charge in [-0.05, 0) is 93.4 Å². The SMILES string of the molecule is c1ccc(N2c3ccccc3C(c3ccccc3)(c3ccccc3)c3ccc(-c4cccc(N(c5ccccc5)c5cccc6ccccc56)c4)cc32)cc1. The highest BCUT2D eigenvalue weighted by Gasteiger charge is 2.46. The van der Waals surface area contributed by atoms with Crippen molar-refractivity contribution in [1.29, 1.82) is 0 Å². The number of rotatable bonds is 7. The molecule has 0 atom stereocenters. The van der Waals surface area contributed by atoms with E-state index in [9.17, 15) is 0 Å². The Morgan fingerprint density at radius 1 is 0.364 bits per heavy atom. The molecule has 0 unspecified atom stereocenters. The number of hydrogen-bond donors (Lipinski definition) is 0. The summed E-state index contributed by atoms with van der Waals surface area (Å²) in [6, 6.07) is 83.7. The molecule has 2 heteroatoms. The van der Waals surface area contributed by atoms with Crippen LogP contribution in [0.1, 0.15) is 22.3 Å². The van der Waals surface area contributed by atoms with Gasteiger partial charge in [-0.15, -0.1) is 0 Å². The molecule has 0 bridgehead atoms. The van der Waals surface area contributed by atoms with Gasteiger partial charge in [0.05, 0.1) is 22.5 Å². The van der Waals surface area contributed by atoms with Crippen LogP contribution in [0, 0.1) is 0 Å². The Bertz CT molecular complexity index is 2710. The highest BCUT2D eigenvalue weighted by molar-refractivity contribution is 5.99. The molecule has 55 heavy (non-hydrogen) atoms. The minimum atomic E-state index is -0.543. The van der Waals surface area contributed by atoms with Gasteiger partial charge >= 0.3 is 0 Å². The molecule has 1 aliphatic rings. The van der Waals surface area contributed by atoms with Gasteiger partial charge in [0.25, 0.3) is 0 Å². The van der Waals surface area contributed by atoms with E-state index in [1.54, 1.807) is 0 Å². The van der Waals surface area contributed by atoms with E-state index >= 15 is 0 Å². The fourth-order valence-corrected chi connectivity index (χ4v) is 8.73. The van der Waals surface area contributed by atoms with E-state index < -0.39 is 5.41 Å². The summed E-state index contributed by atoms with van der Waals surface area (Å²) in [4.78, 5) is 4.83. The van der Waals surface area contributed by atoms with E-state index in [2.05, 4.69) is 240 Å². The van der Waals surface area contributed by atoms with Crippen LogP contribution in [0.5, 0.6) is 0 Å². The summed E-state index contributed by atoms with van der Waals surface area (Å²) in [6.45, 7) is 0. The van der Waals surface area contributed by atoms with Crippen LogP contribution in [-0.4, -0.2) is 0 Å². The van der Waals surface area contributed by atoms with Crippen molar-refractivity contribution < 1.29 is 0 Å². The third kappa shape index (κ3) is 5.42. The summed E-state index contributed by atoms with van der Waals surface area (Å²) < 4.78 is 0. The molecule has 1 aliphatic heterocycles. The van der Waals surface area contributed by atoms with Gasteiger partial charge in [0.2, 0.25) is 0 Å². The van der Waals surface area contributed by atoms with Crippen LogP contribution < -0.4 is 9.80 Å². The highest BCUT2D eigenvalue weighted by Crippen LogP contribution is 2.58. The summed E-state index contributed by atoms with van der Waals surface area (Å²) in [6.07, 6.45) is 0. The maximum absolute atomic E-state index is 2.45. The van der Waals surface area contributed by atoms with E-state index in [0.717, 1.165) is 39.6 Å². The molecule has 0 radical (unpaired) electrons. The molecule has 0 amide bonds. The second kappa shape index (κ2) is 13.7. The Morgan fingerprint density at radius 3 is 1.65 bits per heavy atom.